The number of carbonyl (C=O) groups is 1. The Balaban J connectivity index is 1.57. The van der Waals surface area contributed by atoms with E-state index in [-0.39, 0.29) is 5.60 Å². The standard InChI is InChI=1S/C27H26Cl2N4O3/c1-16(26(34)35)6-7-17-8-9-20(21(29)13-17)23-32-22-24(30-15-31-25(22)36-27(2)10-11-27)33(23)14-18-4-3-5-19(28)12-18/h3-5,8-9,12-13,15-16H,6-7,10-11,14H2,1-2H3,(H,34,35). The summed E-state index contributed by atoms with van der Waals surface area (Å²) in [6.45, 7) is 4.25. The van der Waals surface area contributed by atoms with Crippen LogP contribution in [0.25, 0.3) is 22.6 Å². The number of ether oxygens (including phenoxy) is 1. The Morgan fingerprint density at radius 1 is 1.17 bits per heavy atom. The van der Waals surface area contributed by atoms with Crippen LogP contribution in [-0.4, -0.2) is 36.2 Å². The van der Waals surface area contributed by atoms with Gasteiger partial charge in [-0.15, -0.1) is 0 Å². The van der Waals surface area contributed by atoms with Gasteiger partial charge in [0.05, 0.1) is 17.5 Å². The highest BCUT2D eigenvalue weighted by molar-refractivity contribution is 6.33. The number of imidazole rings is 1. The molecule has 4 aromatic rings. The Kier molecular flexibility index (Phi) is 6.62. The average molecular weight is 525 g/mol. The number of aryl methyl sites for hydroxylation is 1. The fourth-order valence-electron chi connectivity index (χ4n) is 4.08. The number of carboxylic acids is 1. The number of benzene rings is 2. The Hall–Kier alpha value is -3.16. The number of rotatable bonds is 9. The molecule has 0 aliphatic heterocycles. The summed E-state index contributed by atoms with van der Waals surface area (Å²) in [5.41, 5.74) is 3.72. The molecule has 0 radical (unpaired) electrons. The maximum atomic E-state index is 11.2. The van der Waals surface area contributed by atoms with Crippen LogP contribution in [0.15, 0.2) is 48.8 Å². The van der Waals surface area contributed by atoms with Crippen LogP contribution in [-0.2, 0) is 17.8 Å². The highest BCUT2D eigenvalue weighted by Crippen LogP contribution is 2.41. The van der Waals surface area contributed by atoms with Gasteiger partial charge in [0.25, 0.3) is 0 Å². The minimum absolute atomic E-state index is 0.218. The van der Waals surface area contributed by atoms with Crippen LogP contribution >= 0.6 is 23.2 Å². The van der Waals surface area contributed by atoms with E-state index in [0.717, 1.165) is 29.5 Å². The maximum absolute atomic E-state index is 11.2. The molecule has 1 aliphatic carbocycles. The molecule has 36 heavy (non-hydrogen) atoms. The van der Waals surface area contributed by atoms with Crippen molar-refractivity contribution in [3.8, 4) is 17.3 Å². The molecule has 1 N–H and O–H groups in total. The smallest absolute Gasteiger partial charge is 0.306 e. The topological polar surface area (TPSA) is 90.1 Å². The number of fused-ring (bicyclic) bond motifs is 1. The fourth-order valence-corrected chi connectivity index (χ4v) is 4.58. The first-order valence-electron chi connectivity index (χ1n) is 11.9. The third-order valence-electron chi connectivity index (χ3n) is 6.59. The lowest BCUT2D eigenvalue weighted by atomic mass is 10.0. The molecule has 1 saturated carbocycles. The summed E-state index contributed by atoms with van der Waals surface area (Å²) in [7, 11) is 0. The van der Waals surface area contributed by atoms with Crippen LogP contribution in [0.1, 0.15) is 44.2 Å². The molecule has 1 aliphatic rings. The predicted molar refractivity (Wildman–Crippen MR) is 140 cm³/mol. The molecule has 0 spiro atoms. The zero-order chi connectivity index (χ0) is 25.4. The number of nitrogens with zero attached hydrogens (tertiary/aromatic N) is 4. The molecule has 1 unspecified atom stereocenters. The van der Waals surface area contributed by atoms with Crippen molar-refractivity contribution in [3.63, 3.8) is 0 Å². The molecule has 1 atom stereocenters. The molecule has 2 aromatic heterocycles. The van der Waals surface area contributed by atoms with Crippen molar-refractivity contribution in [3.05, 3.63) is 70.0 Å². The monoisotopic (exact) mass is 524 g/mol. The molecule has 1 fully saturated rings. The number of aromatic nitrogens is 4. The molecule has 0 saturated heterocycles. The Morgan fingerprint density at radius 2 is 1.97 bits per heavy atom. The first-order valence-corrected chi connectivity index (χ1v) is 12.6. The Labute approximate surface area is 219 Å². The maximum Gasteiger partial charge on any atom is 0.306 e. The molecular formula is C27H26Cl2N4O3. The second-order valence-corrected chi connectivity index (χ2v) is 10.5. The molecule has 0 amide bonds. The molecular weight excluding hydrogens is 499 g/mol. The second-order valence-electron chi connectivity index (χ2n) is 9.65. The summed E-state index contributed by atoms with van der Waals surface area (Å²) in [6.07, 6.45) is 4.60. The molecule has 0 bridgehead atoms. The van der Waals surface area contributed by atoms with Gasteiger partial charge in [-0.3, -0.25) is 4.79 Å². The zero-order valence-corrected chi connectivity index (χ0v) is 21.6. The Morgan fingerprint density at radius 3 is 2.67 bits per heavy atom. The second kappa shape index (κ2) is 9.71. The summed E-state index contributed by atoms with van der Waals surface area (Å²) in [4.78, 5) is 25.0. The van der Waals surface area contributed by atoms with Gasteiger partial charge in [-0.25, -0.2) is 9.97 Å². The van der Waals surface area contributed by atoms with E-state index in [1.807, 2.05) is 47.0 Å². The van der Waals surface area contributed by atoms with Gasteiger partial charge in [-0.05, 0) is 68.0 Å². The van der Waals surface area contributed by atoms with E-state index < -0.39 is 11.9 Å². The average Bonchev–Trinajstić information content (AvgIpc) is 3.46. The highest BCUT2D eigenvalue weighted by Gasteiger charge is 2.41. The van der Waals surface area contributed by atoms with Crippen LogP contribution in [0.4, 0.5) is 0 Å². The molecule has 5 rings (SSSR count). The van der Waals surface area contributed by atoms with Crippen molar-refractivity contribution in [2.24, 2.45) is 5.92 Å². The van der Waals surface area contributed by atoms with Crippen LogP contribution < -0.4 is 4.74 Å². The first-order chi connectivity index (χ1) is 17.2. The lowest BCUT2D eigenvalue weighted by Crippen LogP contribution is -2.13. The number of carboxylic acid groups (broad SMARTS) is 1. The summed E-state index contributed by atoms with van der Waals surface area (Å²) < 4.78 is 8.19. The summed E-state index contributed by atoms with van der Waals surface area (Å²) in [5, 5.41) is 10.4. The molecule has 2 heterocycles. The van der Waals surface area contributed by atoms with Gasteiger partial charge < -0.3 is 14.4 Å². The lowest BCUT2D eigenvalue weighted by Gasteiger charge is -2.12. The van der Waals surface area contributed by atoms with E-state index in [0.29, 0.717) is 52.3 Å². The normalized spacial score (nSPS) is 15.1. The quantitative estimate of drug-likeness (QED) is 0.271. The number of aliphatic carboxylic acids is 1. The summed E-state index contributed by atoms with van der Waals surface area (Å²) in [5.74, 6) is -0.115. The van der Waals surface area contributed by atoms with Gasteiger partial charge >= 0.3 is 5.97 Å². The number of hydrogen-bond donors (Lipinski definition) is 1. The molecule has 186 valence electrons. The van der Waals surface area contributed by atoms with Crippen molar-refractivity contribution in [2.45, 2.75) is 51.7 Å². The minimum atomic E-state index is -0.799. The molecule has 2 aromatic carbocycles. The van der Waals surface area contributed by atoms with E-state index in [4.69, 9.17) is 32.9 Å². The van der Waals surface area contributed by atoms with Crippen LogP contribution in [0.2, 0.25) is 10.0 Å². The van der Waals surface area contributed by atoms with E-state index in [1.165, 1.54) is 6.33 Å². The molecule has 7 nitrogen and oxygen atoms in total. The molecule has 9 heteroatoms. The van der Waals surface area contributed by atoms with Crippen molar-refractivity contribution >= 4 is 40.3 Å². The minimum Gasteiger partial charge on any atom is -0.481 e. The van der Waals surface area contributed by atoms with E-state index in [2.05, 4.69) is 16.9 Å². The fraction of sp³-hybridized carbons (Fsp3) is 0.333. The van der Waals surface area contributed by atoms with Crippen LogP contribution in [0, 0.1) is 5.92 Å². The van der Waals surface area contributed by atoms with Crippen molar-refractivity contribution in [2.75, 3.05) is 0 Å². The summed E-state index contributed by atoms with van der Waals surface area (Å²) in [6, 6.07) is 13.4. The van der Waals surface area contributed by atoms with Crippen LogP contribution in [0.5, 0.6) is 5.88 Å². The van der Waals surface area contributed by atoms with Crippen molar-refractivity contribution < 1.29 is 14.6 Å². The third kappa shape index (κ3) is 5.18. The first kappa shape index (κ1) is 24.5. The predicted octanol–water partition coefficient (Wildman–Crippen LogP) is 6.43. The van der Waals surface area contributed by atoms with Crippen molar-refractivity contribution in [1.29, 1.82) is 0 Å². The van der Waals surface area contributed by atoms with Gasteiger partial charge in [-0.1, -0.05) is 48.3 Å². The SMILES string of the molecule is CC(CCc1ccc(-c2nc3c(OC4(C)CC4)ncnc3n2Cc2cccc(Cl)c2)c(Cl)c1)C(=O)O. The van der Waals surface area contributed by atoms with Gasteiger partial charge in [0.15, 0.2) is 11.2 Å². The summed E-state index contributed by atoms with van der Waals surface area (Å²) >= 11 is 13.0. The van der Waals surface area contributed by atoms with Gasteiger partial charge in [0.2, 0.25) is 5.88 Å². The van der Waals surface area contributed by atoms with E-state index in [9.17, 15) is 9.90 Å². The zero-order valence-electron chi connectivity index (χ0n) is 20.0. The Bertz CT molecular complexity index is 1450. The van der Waals surface area contributed by atoms with Gasteiger partial charge in [0, 0.05) is 10.6 Å². The highest BCUT2D eigenvalue weighted by atomic mass is 35.5. The van der Waals surface area contributed by atoms with Crippen molar-refractivity contribution in [1.82, 2.24) is 19.5 Å². The number of hydrogen-bond acceptors (Lipinski definition) is 5. The van der Waals surface area contributed by atoms with Gasteiger partial charge in [-0.2, -0.15) is 4.98 Å². The lowest BCUT2D eigenvalue weighted by molar-refractivity contribution is -0.141. The number of halogens is 2. The van der Waals surface area contributed by atoms with E-state index >= 15 is 0 Å². The van der Waals surface area contributed by atoms with Gasteiger partial charge in [0.1, 0.15) is 17.8 Å². The third-order valence-corrected chi connectivity index (χ3v) is 7.14. The van der Waals surface area contributed by atoms with E-state index in [1.54, 1.807) is 6.92 Å². The van der Waals surface area contributed by atoms with Crippen LogP contribution in [0.3, 0.4) is 0 Å². The largest absolute Gasteiger partial charge is 0.481 e.